The standard InChI is InChI=1S/C35H30F2N2O5/c36-30-18-29(34-28(33(30)37)14-16-42-34)26-9-11-27(12-10-26)43-22-25-8-4-7-24(17-25)19-39(31-13-15-38-35(31)41)20-32(40)44-21-23-5-2-1-3-6-23/h1-12,14,16-18,31H,13,15,19-22H2,(H,38,41). The van der Waals surface area contributed by atoms with E-state index in [-0.39, 0.29) is 36.6 Å². The Morgan fingerprint density at radius 3 is 2.45 bits per heavy atom. The molecule has 0 radical (unpaired) electrons. The van der Waals surface area contributed by atoms with Crippen LogP contribution in [0, 0.1) is 11.6 Å². The number of rotatable bonds is 11. The summed E-state index contributed by atoms with van der Waals surface area (Å²) in [7, 11) is 0. The molecule has 2 heterocycles. The molecule has 1 unspecified atom stereocenters. The fraction of sp³-hybridized carbons (Fsp3) is 0.200. The van der Waals surface area contributed by atoms with Crippen LogP contribution in [0.5, 0.6) is 5.75 Å². The molecule has 0 saturated carbocycles. The third-order valence-electron chi connectivity index (χ3n) is 7.61. The summed E-state index contributed by atoms with van der Waals surface area (Å²) >= 11 is 0. The van der Waals surface area contributed by atoms with Crippen molar-refractivity contribution >= 4 is 22.8 Å². The lowest BCUT2D eigenvalue weighted by Crippen LogP contribution is -2.43. The van der Waals surface area contributed by atoms with Gasteiger partial charge in [-0.05, 0) is 52.9 Å². The van der Waals surface area contributed by atoms with Crippen LogP contribution < -0.4 is 10.1 Å². The lowest BCUT2D eigenvalue weighted by molar-refractivity contribution is -0.147. The lowest BCUT2D eigenvalue weighted by Gasteiger charge is -2.26. The molecule has 6 rings (SSSR count). The Bertz CT molecular complexity index is 1770. The van der Waals surface area contributed by atoms with Gasteiger partial charge in [-0.15, -0.1) is 0 Å². The maximum atomic E-state index is 14.2. The van der Waals surface area contributed by atoms with Gasteiger partial charge in [-0.2, -0.15) is 0 Å². The number of benzene rings is 4. The number of hydrogen-bond donors (Lipinski definition) is 1. The molecule has 1 aromatic heterocycles. The summed E-state index contributed by atoms with van der Waals surface area (Å²) in [5.41, 5.74) is 4.13. The number of hydrogen-bond acceptors (Lipinski definition) is 6. The molecule has 1 amide bonds. The van der Waals surface area contributed by atoms with E-state index in [1.807, 2.05) is 59.5 Å². The normalized spacial score (nSPS) is 14.6. The van der Waals surface area contributed by atoms with E-state index in [2.05, 4.69) is 5.32 Å². The van der Waals surface area contributed by atoms with Crippen LogP contribution in [0.1, 0.15) is 23.1 Å². The van der Waals surface area contributed by atoms with Gasteiger partial charge in [-0.1, -0.05) is 66.7 Å². The van der Waals surface area contributed by atoms with Crippen molar-refractivity contribution in [2.75, 3.05) is 13.1 Å². The molecule has 5 aromatic rings. The molecular weight excluding hydrogens is 566 g/mol. The second-order valence-corrected chi connectivity index (χ2v) is 10.7. The van der Waals surface area contributed by atoms with Crippen molar-refractivity contribution in [2.24, 2.45) is 0 Å². The quantitative estimate of drug-likeness (QED) is 0.178. The highest BCUT2D eigenvalue weighted by atomic mass is 19.2. The highest BCUT2D eigenvalue weighted by Crippen LogP contribution is 2.33. The smallest absolute Gasteiger partial charge is 0.320 e. The van der Waals surface area contributed by atoms with Gasteiger partial charge in [0.2, 0.25) is 5.91 Å². The van der Waals surface area contributed by atoms with Crippen molar-refractivity contribution in [1.82, 2.24) is 10.2 Å². The minimum absolute atomic E-state index is 0.0136. The first-order chi connectivity index (χ1) is 21.4. The third kappa shape index (κ3) is 6.63. The van der Waals surface area contributed by atoms with Crippen molar-refractivity contribution < 1.29 is 32.3 Å². The molecule has 4 aromatic carbocycles. The summed E-state index contributed by atoms with van der Waals surface area (Å²) in [6.45, 7) is 1.39. The Morgan fingerprint density at radius 1 is 0.909 bits per heavy atom. The first kappa shape index (κ1) is 29.1. The Balaban J connectivity index is 1.10. The van der Waals surface area contributed by atoms with Crippen molar-refractivity contribution in [2.45, 2.75) is 32.2 Å². The predicted molar refractivity (Wildman–Crippen MR) is 160 cm³/mol. The SMILES string of the molecule is O=C(CN(Cc1cccc(COc2ccc(-c3cc(F)c(F)c4ccoc34)cc2)c1)C1CCNC1=O)OCc1ccccc1. The lowest BCUT2D eigenvalue weighted by atomic mass is 10.0. The summed E-state index contributed by atoms with van der Waals surface area (Å²) in [5.74, 6) is -1.77. The summed E-state index contributed by atoms with van der Waals surface area (Å²) in [6.07, 6.45) is 1.95. The van der Waals surface area contributed by atoms with Crippen LogP contribution in [0.2, 0.25) is 0 Å². The Hall–Kier alpha value is -5.02. The van der Waals surface area contributed by atoms with Gasteiger partial charge < -0.3 is 19.2 Å². The molecule has 1 saturated heterocycles. The number of nitrogens with one attached hydrogen (secondary N) is 1. The van der Waals surface area contributed by atoms with Gasteiger partial charge >= 0.3 is 5.97 Å². The van der Waals surface area contributed by atoms with Crippen LogP contribution >= 0.6 is 0 Å². The number of furan rings is 1. The highest BCUT2D eigenvalue weighted by Gasteiger charge is 2.32. The van der Waals surface area contributed by atoms with E-state index in [0.717, 1.165) is 22.8 Å². The number of amides is 1. The van der Waals surface area contributed by atoms with E-state index in [0.29, 0.717) is 36.4 Å². The third-order valence-corrected chi connectivity index (χ3v) is 7.61. The number of ether oxygens (including phenoxy) is 2. The van der Waals surface area contributed by atoms with Crippen LogP contribution in [-0.2, 0) is 34.1 Å². The molecule has 1 aliphatic heterocycles. The molecule has 1 N–H and O–H groups in total. The summed E-state index contributed by atoms with van der Waals surface area (Å²) in [6, 6.07) is 26.4. The largest absolute Gasteiger partial charge is 0.489 e. The fourth-order valence-corrected chi connectivity index (χ4v) is 5.39. The molecule has 224 valence electrons. The number of carbonyl (C=O) groups excluding carboxylic acids is 2. The second-order valence-electron chi connectivity index (χ2n) is 10.7. The number of esters is 1. The monoisotopic (exact) mass is 596 g/mol. The van der Waals surface area contributed by atoms with Gasteiger partial charge in [0.1, 0.15) is 24.5 Å². The van der Waals surface area contributed by atoms with Crippen molar-refractivity contribution in [3.63, 3.8) is 0 Å². The average molecular weight is 597 g/mol. The molecule has 0 aliphatic carbocycles. The van der Waals surface area contributed by atoms with Gasteiger partial charge in [0.25, 0.3) is 0 Å². The Labute approximate surface area is 253 Å². The minimum atomic E-state index is -0.940. The average Bonchev–Trinajstić information content (AvgIpc) is 3.71. The van der Waals surface area contributed by atoms with Crippen LogP contribution in [0.15, 0.2) is 102 Å². The van der Waals surface area contributed by atoms with Crippen molar-refractivity contribution in [3.05, 3.63) is 126 Å². The van der Waals surface area contributed by atoms with Crippen LogP contribution in [0.25, 0.3) is 22.1 Å². The zero-order valence-electron chi connectivity index (χ0n) is 23.8. The van der Waals surface area contributed by atoms with Gasteiger partial charge in [-0.25, -0.2) is 8.78 Å². The molecule has 44 heavy (non-hydrogen) atoms. The topological polar surface area (TPSA) is 81.0 Å². The van der Waals surface area contributed by atoms with Crippen molar-refractivity contribution in [1.29, 1.82) is 0 Å². The zero-order chi connectivity index (χ0) is 30.5. The first-order valence-corrected chi connectivity index (χ1v) is 14.3. The number of carbonyl (C=O) groups is 2. The molecule has 0 spiro atoms. The molecule has 1 atom stereocenters. The van der Waals surface area contributed by atoms with E-state index < -0.39 is 23.6 Å². The predicted octanol–water partition coefficient (Wildman–Crippen LogP) is 6.39. The minimum Gasteiger partial charge on any atom is -0.489 e. The van der Waals surface area contributed by atoms with E-state index in [1.165, 1.54) is 12.3 Å². The summed E-state index contributed by atoms with van der Waals surface area (Å²) in [4.78, 5) is 27.1. The maximum Gasteiger partial charge on any atom is 0.320 e. The number of halogens is 2. The van der Waals surface area contributed by atoms with E-state index in [9.17, 15) is 18.4 Å². The Kier molecular flexibility index (Phi) is 8.65. The van der Waals surface area contributed by atoms with E-state index in [1.54, 1.807) is 24.3 Å². The molecule has 1 aliphatic rings. The fourth-order valence-electron chi connectivity index (χ4n) is 5.39. The molecule has 1 fully saturated rings. The van der Waals surface area contributed by atoms with Gasteiger partial charge in [0.15, 0.2) is 11.6 Å². The maximum absolute atomic E-state index is 14.2. The second kappa shape index (κ2) is 13.1. The van der Waals surface area contributed by atoms with Crippen LogP contribution in [-0.4, -0.2) is 35.9 Å². The van der Waals surface area contributed by atoms with E-state index in [4.69, 9.17) is 13.9 Å². The zero-order valence-corrected chi connectivity index (χ0v) is 23.8. The summed E-state index contributed by atoms with van der Waals surface area (Å²) < 4.78 is 45.2. The molecule has 0 bridgehead atoms. The van der Waals surface area contributed by atoms with Gasteiger partial charge in [0, 0.05) is 18.7 Å². The van der Waals surface area contributed by atoms with E-state index >= 15 is 0 Å². The van der Waals surface area contributed by atoms with Crippen LogP contribution in [0.4, 0.5) is 8.78 Å². The van der Waals surface area contributed by atoms with Gasteiger partial charge in [0.05, 0.1) is 24.2 Å². The summed E-state index contributed by atoms with van der Waals surface area (Å²) in [5, 5.41) is 2.94. The van der Waals surface area contributed by atoms with Crippen molar-refractivity contribution in [3.8, 4) is 16.9 Å². The highest BCUT2D eigenvalue weighted by molar-refractivity contribution is 5.93. The van der Waals surface area contributed by atoms with Gasteiger partial charge in [-0.3, -0.25) is 14.5 Å². The molecule has 9 heteroatoms. The first-order valence-electron chi connectivity index (χ1n) is 14.3. The van der Waals surface area contributed by atoms with Crippen LogP contribution in [0.3, 0.4) is 0 Å². The molecule has 7 nitrogen and oxygen atoms in total. The number of nitrogens with zero attached hydrogens (tertiary/aromatic N) is 1. The Morgan fingerprint density at radius 2 is 1.68 bits per heavy atom. The number of fused-ring (bicyclic) bond motifs is 1. The molecular formula is C35H30F2N2O5.